The van der Waals surface area contributed by atoms with Crippen molar-refractivity contribution in [3.8, 4) is 22.6 Å². The predicted octanol–water partition coefficient (Wildman–Crippen LogP) is 7.55. The number of allylic oxidation sites excluding steroid dienone is 2. The molecule has 1 aliphatic rings. The van der Waals surface area contributed by atoms with Crippen LogP contribution in [-0.2, 0) is 11.3 Å². The minimum atomic E-state index is -0.363. The number of fused-ring (bicyclic) bond motifs is 4. The number of benzene rings is 3. The molecule has 0 radical (unpaired) electrons. The Morgan fingerprint density at radius 2 is 1.73 bits per heavy atom. The van der Waals surface area contributed by atoms with Crippen LogP contribution in [0, 0.1) is 6.92 Å². The maximum Gasteiger partial charge on any atom is 0.337 e. The average Bonchev–Trinajstić information content (AvgIpc) is 3.59. The summed E-state index contributed by atoms with van der Waals surface area (Å²) in [5, 5.41) is 0. The molecule has 7 nitrogen and oxygen atoms in total. The second-order valence-corrected chi connectivity index (χ2v) is 10.7. The topological polar surface area (TPSA) is 74.3 Å². The van der Waals surface area contributed by atoms with Crippen LogP contribution in [0.5, 0.6) is 0 Å². The van der Waals surface area contributed by atoms with Gasteiger partial charge < -0.3 is 9.30 Å². The summed E-state index contributed by atoms with van der Waals surface area (Å²) < 4.78 is 9.38. The highest BCUT2D eigenvalue weighted by molar-refractivity contribution is 5.95. The van der Waals surface area contributed by atoms with Crippen LogP contribution in [0.2, 0.25) is 0 Å². The van der Waals surface area contributed by atoms with Crippen LogP contribution in [0.25, 0.3) is 50.4 Å². The summed E-state index contributed by atoms with van der Waals surface area (Å²) in [6.45, 7) is 2.82. The summed E-state index contributed by atoms with van der Waals surface area (Å²) in [5.74, 6) is 0.503. The number of esters is 1. The molecular formula is C34H31N5O2. The fourth-order valence-corrected chi connectivity index (χ4v) is 5.97. The lowest BCUT2D eigenvalue weighted by Gasteiger charge is -2.15. The highest BCUT2D eigenvalue weighted by atomic mass is 16.5. The van der Waals surface area contributed by atoms with Gasteiger partial charge in [0, 0.05) is 23.9 Å². The van der Waals surface area contributed by atoms with Gasteiger partial charge in [-0.3, -0.25) is 4.40 Å². The maximum atomic E-state index is 12.3. The highest BCUT2D eigenvalue weighted by Crippen LogP contribution is 2.32. The normalized spacial score (nSPS) is 13.7. The van der Waals surface area contributed by atoms with Crippen LogP contribution in [-0.4, -0.2) is 37.0 Å². The number of hydrogen-bond donors (Lipinski definition) is 0. The lowest BCUT2D eigenvalue weighted by molar-refractivity contribution is 0.0601. The van der Waals surface area contributed by atoms with E-state index in [2.05, 4.69) is 51.6 Å². The number of nitrogens with zero attached hydrogens (tertiary/aromatic N) is 5. The summed E-state index contributed by atoms with van der Waals surface area (Å²) in [4.78, 5) is 27.3. The summed E-state index contributed by atoms with van der Waals surface area (Å²) in [6, 6.07) is 22.2. The fourth-order valence-electron chi connectivity index (χ4n) is 5.97. The maximum absolute atomic E-state index is 12.3. The van der Waals surface area contributed by atoms with E-state index in [9.17, 15) is 4.79 Å². The van der Waals surface area contributed by atoms with Crippen molar-refractivity contribution < 1.29 is 9.53 Å². The molecule has 6 aromatic rings. The van der Waals surface area contributed by atoms with E-state index in [0.29, 0.717) is 5.56 Å². The number of aromatic nitrogens is 5. The zero-order valence-electron chi connectivity index (χ0n) is 23.3. The van der Waals surface area contributed by atoms with Gasteiger partial charge in [-0.25, -0.2) is 19.7 Å². The molecule has 0 atom stereocenters. The molecule has 1 aliphatic carbocycles. The Kier molecular flexibility index (Phi) is 6.34. The Bertz CT molecular complexity index is 1970. The molecule has 0 N–H and O–H groups in total. The first-order valence-electron chi connectivity index (χ1n) is 14.2. The smallest absolute Gasteiger partial charge is 0.337 e. The van der Waals surface area contributed by atoms with Crippen LogP contribution in [0.15, 0.2) is 84.6 Å². The van der Waals surface area contributed by atoms with Crippen molar-refractivity contribution in [1.29, 1.82) is 0 Å². The second kappa shape index (κ2) is 10.3. The Morgan fingerprint density at radius 3 is 2.54 bits per heavy atom. The zero-order chi connectivity index (χ0) is 27.9. The Balaban J connectivity index is 1.40. The molecule has 41 heavy (non-hydrogen) atoms. The molecule has 0 spiro atoms. The molecule has 3 heterocycles. The number of methoxy groups -OCH3 is 1. The number of carbonyl (C=O) groups excluding carboxylic acids is 1. The van der Waals surface area contributed by atoms with Crippen LogP contribution in [0.4, 0.5) is 0 Å². The third-order valence-electron chi connectivity index (χ3n) is 8.02. The highest BCUT2D eigenvalue weighted by Gasteiger charge is 2.18. The number of aryl methyl sites for hydroxylation is 2. The molecule has 3 aromatic carbocycles. The molecule has 0 bridgehead atoms. The molecule has 0 aliphatic heterocycles. The van der Waals surface area contributed by atoms with Crippen molar-refractivity contribution in [2.45, 2.75) is 45.6 Å². The van der Waals surface area contributed by atoms with Gasteiger partial charge in [0.15, 0.2) is 5.65 Å². The van der Waals surface area contributed by atoms with Crippen molar-refractivity contribution in [3.05, 3.63) is 95.8 Å². The standard InChI is InChI=1S/C34H31N5O2/c1-22-21-39-30-15-13-25(19-27(30)36-31(33(39)35-22)24-11-7-4-8-12-24)32-37-28-20-26(34(40)41-2)14-16-29(28)38(32)18-17-23-9-5-3-6-10-23/h4,7-9,11-16,19-21H,3,5-6,10,17-18H2,1-2H3. The monoisotopic (exact) mass is 541 g/mol. The Labute approximate surface area is 238 Å². The summed E-state index contributed by atoms with van der Waals surface area (Å²) in [5.41, 5.74) is 10.3. The fraction of sp³-hybridized carbons (Fsp3) is 0.235. The van der Waals surface area contributed by atoms with E-state index in [0.717, 1.165) is 81.9 Å². The Morgan fingerprint density at radius 1 is 0.902 bits per heavy atom. The minimum Gasteiger partial charge on any atom is -0.465 e. The third kappa shape index (κ3) is 4.57. The van der Waals surface area contributed by atoms with Gasteiger partial charge in [0.05, 0.1) is 40.4 Å². The van der Waals surface area contributed by atoms with Gasteiger partial charge >= 0.3 is 5.97 Å². The van der Waals surface area contributed by atoms with Gasteiger partial charge in [0.25, 0.3) is 0 Å². The number of rotatable bonds is 6. The molecular weight excluding hydrogens is 510 g/mol. The molecule has 0 saturated heterocycles. The van der Waals surface area contributed by atoms with Crippen molar-refractivity contribution >= 4 is 33.7 Å². The molecule has 0 saturated carbocycles. The van der Waals surface area contributed by atoms with Crippen LogP contribution < -0.4 is 0 Å². The molecule has 0 amide bonds. The molecule has 7 heteroatoms. The van der Waals surface area contributed by atoms with E-state index in [1.54, 1.807) is 0 Å². The number of hydrogen-bond acceptors (Lipinski definition) is 5. The van der Waals surface area contributed by atoms with Gasteiger partial charge in [-0.1, -0.05) is 42.0 Å². The third-order valence-corrected chi connectivity index (χ3v) is 8.02. The predicted molar refractivity (Wildman–Crippen MR) is 162 cm³/mol. The van der Waals surface area contributed by atoms with Gasteiger partial charge in [-0.05, 0) is 75.4 Å². The van der Waals surface area contributed by atoms with Crippen molar-refractivity contribution in [3.63, 3.8) is 0 Å². The summed E-state index contributed by atoms with van der Waals surface area (Å²) in [7, 11) is 1.40. The van der Waals surface area contributed by atoms with E-state index >= 15 is 0 Å². The molecule has 3 aromatic heterocycles. The number of carbonyl (C=O) groups is 1. The van der Waals surface area contributed by atoms with E-state index < -0.39 is 0 Å². The first kappa shape index (κ1) is 25.2. The van der Waals surface area contributed by atoms with Crippen molar-refractivity contribution in [2.75, 3.05) is 7.11 Å². The largest absolute Gasteiger partial charge is 0.465 e. The van der Waals surface area contributed by atoms with Gasteiger partial charge in [0.1, 0.15) is 11.5 Å². The molecule has 0 fully saturated rings. The Hall–Kier alpha value is -4.78. The van der Waals surface area contributed by atoms with E-state index in [-0.39, 0.29) is 5.97 Å². The average molecular weight is 542 g/mol. The van der Waals surface area contributed by atoms with Crippen LogP contribution in [0.3, 0.4) is 0 Å². The van der Waals surface area contributed by atoms with Gasteiger partial charge in [-0.15, -0.1) is 0 Å². The lowest BCUT2D eigenvalue weighted by Crippen LogP contribution is -2.04. The minimum absolute atomic E-state index is 0.363. The summed E-state index contributed by atoms with van der Waals surface area (Å²) >= 11 is 0. The SMILES string of the molecule is COC(=O)c1ccc2c(c1)nc(-c1ccc3c(c1)nc(-c1ccccc1)c1nc(C)cn13)n2CCC1=CCCCC1. The van der Waals surface area contributed by atoms with Crippen molar-refractivity contribution in [2.24, 2.45) is 0 Å². The molecule has 204 valence electrons. The lowest BCUT2D eigenvalue weighted by atomic mass is 9.97. The second-order valence-electron chi connectivity index (χ2n) is 10.7. The van der Waals surface area contributed by atoms with E-state index in [4.69, 9.17) is 19.7 Å². The number of imidazole rings is 2. The van der Waals surface area contributed by atoms with E-state index in [1.807, 2.05) is 43.3 Å². The van der Waals surface area contributed by atoms with E-state index in [1.165, 1.54) is 25.5 Å². The molecule has 7 rings (SSSR count). The summed E-state index contributed by atoms with van der Waals surface area (Å²) in [6.07, 6.45) is 10.3. The molecule has 0 unspecified atom stereocenters. The number of ether oxygens (including phenoxy) is 1. The first-order valence-corrected chi connectivity index (χ1v) is 14.2. The van der Waals surface area contributed by atoms with Crippen LogP contribution in [0.1, 0.15) is 48.2 Å². The van der Waals surface area contributed by atoms with Gasteiger partial charge in [0.2, 0.25) is 0 Å². The first-order chi connectivity index (χ1) is 20.1. The quantitative estimate of drug-likeness (QED) is 0.161. The van der Waals surface area contributed by atoms with Gasteiger partial charge in [-0.2, -0.15) is 0 Å². The van der Waals surface area contributed by atoms with Crippen LogP contribution >= 0.6 is 0 Å². The zero-order valence-corrected chi connectivity index (χ0v) is 23.3. The van der Waals surface area contributed by atoms with Crippen molar-refractivity contribution in [1.82, 2.24) is 23.9 Å².